The smallest absolute Gasteiger partial charge is 0.328 e. The number of methoxy groups -OCH3 is 1. The molecule has 206 valence electrons. The minimum absolute atomic E-state index is 0.0504. The van der Waals surface area contributed by atoms with E-state index in [1.807, 2.05) is 0 Å². The van der Waals surface area contributed by atoms with E-state index in [1.165, 1.54) is 13.2 Å². The number of esters is 1. The molecule has 0 aliphatic heterocycles. The molecule has 0 unspecified atom stereocenters. The molecule has 0 spiro atoms. The molecule has 10 nitrogen and oxygen atoms in total. The van der Waals surface area contributed by atoms with Crippen molar-refractivity contribution in [2.75, 3.05) is 17.7 Å². The molecule has 0 saturated carbocycles. The predicted molar refractivity (Wildman–Crippen MR) is 151 cm³/mol. The summed E-state index contributed by atoms with van der Waals surface area (Å²) >= 11 is 5.93. The number of aromatic nitrogens is 1. The lowest BCUT2D eigenvalue weighted by Gasteiger charge is -2.18. The Balaban J connectivity index is 1.37. The van der Waals surface area contributed by atoms with Crippen molar-refractivity contribution in [3.05, 3.63) is 89.6 Å². The molecule has 3 amide bonds. The number of carbonyl (C=O) groups is 3. The summed E-state index contributed by atoms with van der Waals surface area (Å²) in [7, 11) is 1.26. The molecular formula is C29H27ClN4O6. The Morgan fingerprint density at radius 1 is 0.925 bits per heavy atom. The van der Waals surface area contributed by atoms with Gasteiger partial charge in [-0.15, -0.1) is 0 Å². The lowest BCUT2D eigenvalue weighted by Crippen LogP contribution is -2.44. The van der Waals surface area contributed by atoms with Gasteiger partial charge in [-0.25, -0.2) is 9.59 Å². The lowest BCUT2D eigenvalue weighted by molar-refractivity contribution is -0.144. The summed E-state index contributed by atoms with van der Waals surface area (Å²) in [5.41, 5.74) is 2.07. The Kier molecular flexibility index (Phi) is 9.03. The van der Waals surface area contributed by atoms with Gasteiger partial charge in [-0.2, -0.15) is 0 Å². The number of nitrogens with one attached hydrogen (secondary N) is 3. The molecule has 0 aliphatic rings. The summed E-state index contributed by atoms with van der Waals surface area (Å²) < 4.78 is 15.8. The molecule has 1 atom stereocenters. The lowest BCUT2D eigenvalue weighted by atomic mass is 10.0. The van der Waals surface area contributed by atoms with Gasteiger partial charge in [0.25, 0.3) is 5.91 Å². The second-order valence-corrected chi connectivity index (χ2v) is 9.44. The van der Waals surface area contributed by atoms with E-state index in [1.54, 1.807) is 86.6 Å². The number of amides is 3. The van der Waals surface area contributed by atoms with E-state index in [9.17, 15) is 14.4 Å². The topological polar surface area (TPSA) is 132 Å². The zero-order valence-electron chi connectivity index (χ0n) is 21.9. The maximum Gasteiger partial charge on any atom is 0.328 e. The van der Waals surface area contributed by atoms with E-state index >= 15 is 0 Å². The van der Waals surface area contributed by atoms with Crippen LogP contribution in [-0.4, -0.2) is 36.2 Å². The molecular weight excluding hydrogens is 536 g/mol. The van der Waals surface area contributed by atoms with Crippen LogP contribution in [0.1, 0.15) is 24.4 Å². The molecule has 1 aromatic heterocycles. The molecule has 0 aliphatic carbocycles. The van der Waals surface area contributed by atoms with Crippen LogP contribution in [0.4, 0.5) is 16.2 Å². The van der Waals surface area contributed by atoms with Crippen LogP contribution in [0.25, 0.3) is 11.3 Å². The first-order valence-electron chi connectivity index (χ1n) is 12.3. The number of anilines is 2. The summed E-state index contributed by atoms with van der Waals surface area (Å²) in [5.74, 6) is -0.323. The van der Waals surface area contributed by atoms with Crippen molar-refractivity contribution in [1.82, 2.24) is 10.5 Å². The minimum Gasteiger partial charge on any atom is -0.467 e. The van der Waals surface area contributed by atoms with Crippen molar-refractivity contribution in [3.8, 4) is 22.8 Å². The molecule has 4 rings (SSSR count). The third-order valence-electron chi connectivity index (χ3n) is 5.76. The van der Waals surface area contributed by atoms with Gasteiger partial charge >= 0.3 is 12.0 Å². The van der Waals surface area contributed by atoms with Crippen LogP contribution in [0.2, 0.25) is 5.02 Å². The summed E-state index contributed by atoms with van der Waals surface area (Å²) in [5, 5.41) is 12.7. The Bertz CT molecular complexity index is 1490. The summed E-state index contributed by atoms with van der Waals surface area (Å²) in [6, 6.07) is 20.9. The van der Waals surface area contributed by atoms with Crippen molar-refractivity contribution in [3.63, 3.8) is 0 Å². The fraction of sp³-hybridized carbons (Fsp3) is 0.172. The first-order chi connectivity index (χ1) is 19.2. The molecule has 3 aromatic carbocycles. The van der Waals surface area contributed by atoms with Gasteiger partial charge in [0.1, 0.15) is 17.5 Å². The fourth-order valence-corrected chi connectivity index (χ4v) is 3.78. The zero-order chi connectivity index (χ0) is 28.6. The van der Waals surface area contributed by atoms with Gasteiger partial charge in [0, 0.05) is 22.3 Å². The quantitative estimate of drug-likeness (QED) is 0.202. The summed E-state index contributed by atoms with van der Waals surface area (Å²) in [6.45, 7) is 3.58. The maximum atomic E-state index is 12.7. The molecule has 0 radical (unpaired) electrons. The van der Waals surface area contributed by atoms with Crippen LogP contribution in [-0.2, 0) is 9.53 Å². The van der Waals surface area contributed by atoms with Crippen LogP contribution in [0.3, 0.4) is 0 Å². The third kappa shape index (κ3) is 7.17. The molecule has 3 N–H and O–H groups in total. The molecule has 0 bridgehead atoms. The highest BCUT2D eigenvalue weighted by Gasteiger charge is 2.27. The van der Waals surface area contributed by atoms with Crippen LogP contribution in [0.5, 0.6) is 11.5 Å². The van der Waals surface area contributed by atoms with Crippen molar-refractivity contribution < 1.29 is 28.4 Å². The first-order valence-corrected chi connectivity index (χ1v) is 12.7. The highest BCUT2D eigenvalue weighted by atomic mass is 35.5. The molecule has 11 heteroatoms. The van der Waals surface area contributed by atoms with E-state index < -0.39 is 23.9 Å². The number of benzene rings is 3. The number of carbonyl (C=O) groups excluding carboxylic acids is 3. The predicted octanol–water partition coefficient (Wildman–Crippen LogP) is 6.36. The minimum atomic E-state index is -0.821. The molecule has 1 heterocycles. The molecule has 0 fully saturated rings. The SMILES string of the molecule is COC(=O)[C@@H](NC(=O)c1cc(-c2ccc(NC(=O)Nc3ccccc3Oc3ccc(Cl)cc3)cc2)no1)C(C)C. The van der Waals surface area contributed by atoms with Crippen molar-refractivity contribution in [1.29, 1.82) is 0 Å². The van der Waals surface area contributed by atoms with Crippen LogP contribution < -0.4 is 20.7 Å². The molecule has 40 heavy (non-hydrogen) atoms. The second-order valence-electron chi connectivity index (χ2n) is 9.00. The Morgan fingerprint density at radius 3 is 2.30 bits per heavy atom. The number of hydrogen-bond donors (Lipinski definition) is 3. The van der Waals surface area contributed by atoms with E-state index in [2.05, 4.69) is 21.1 Å². The number of para-hydroxylation sites is 2. The van der Waals surface area contributed by atoms with Crippen LogP contribution in [0.15, 0.2) is 83.4 Å². The number of urea groups is 1. The number of nitrogens with zero attached hydrogens (tertiary/aromatic N) is 1. The Labute approximate surface area is 235 Å². The summed E-state index contributed by atoms with van der Waals surface area (Å²) in [4.78, 5) is 37.2. The summed E-state index contributed by atoms with van der Waals surface area (Å²) in [6.07, 6.45) is 0. The van der Waals surface area contributed by atoms with Crippen LogP contribution in [0, 0.1) is 5.92 Å². The Morgan fingerprint density at radius 2 is 1.62 bits per heavy atom. The van der Waals surface area contributed by atoms with Crippen molar-refractivity contribution in [2.45, 2.75) is 19.9 Å². The van der Waals surface area contributed by atoms with Gasteiger partial charge in [-0.1, -0.05) is 54.9 Å². The number of rotatable bonds is 9. The van der Waals surface area contributed by atoms with Gasteiger partial charge in [0.15, 0.2) is 5.75 Å². The molecule has 0 saturated heterocycles. The van der Waals surface area contributed by atoms with Gasteiger partial charge in [-0.3, -0.25) is 4.79 Å². The van der Waals surface area contributed by atoms with E-state index in [4.69, 9.17) is 25.6 Å². The largest absolute Gasteiger partial charge is 0.467 e. The molecule has 4 aromatic rings. The standard InChI is InChI=1S/C29H27ClN4O6/c1-17(2)26(28(36)38-3)33-27(35)25-16-23(34-40-25)18-8-12-20(13-9-18)31-29(37)32-22-6-4-5-7-24(22)39-21-14-10-19(30)11-15-21/h4-17,26H,1-3H3,(H,33,35)(H2,31,32,37)/t26-/m0/s1. The number of hydrogen-bond acceptors (Lipinski definition) is 7. The zero-order valence-corrected chi connectivity index (χ0v) is 22.7. The van der Waals surface area contributed by atoms with Crippen molar-refractivity contribution >= 4 is 40.9 Å². The van der Waals surface area contributed by atoms with E-state index in [0.717, 1.165) is 0 Å². The monoisotopic (exact) mass is 562 g/mol. The fourth-order valence-electron chi connectivity index (χ4n) is 3.65. The first kappa shape index (κ1) is 28.2. The average molecular weight is 563 g/mol. The maximum absolute atomic E-state index is 12.7. The van der Waals surface area contributed by atoms with Gasteiger partial charge in [0.2, 0.25) is 5.76 Å². The number of halogens is 1. The highest BCUT2D eigenvalue weighted by Crippen LogP contribution is 2.30. The average Bonchev–Trinajstić information content (AvgIpc) is 3.44. The normalized spacial score (nSPS) is 11.4. The Hall–Kier alpha value is -4.83. The van der Waals surface area contributed by atoms with Gasteiger partial charge < -0.3 is 29.9 Å². The number of ether oxygens (including phenoxy) is 2. The third-order valence-corrected chi connectivity index (χ3v) is 6.01. The van der Waals surface area contributed by atoms with E-state index in [-0.39, 0.29) is 11.7 Å². The van der Waals surface area contributed by atoms with Gasteiger partial charge in [0.05, 0.1) is 12.8 Å². The van der Waals surface area contributed by atoms with E-state index in [0.29, 0.717) is 39.2 Å². The second kappa shape index (κ2) is 12.8. The van der Waals surface area contributed by atoms with Crippen LogP contribution >= 0.6 is 11.6 Å². The van der Waals surface area contributed by atoms with Gasteiger partial charge in [-0.05, 0) is 54.4 Å². The highest BCUT2D eigenvalue weighted by molar-refractivity contribution is 6.30. The van der Waals surface area contributed by atoms with Crippen molar-refractivity contribution in [2.24, 2.45) is 5.92 Å².